The molecule has 2 aliphatic heterocycles. The number of hydrogen-bond donors (Lipinski definition) is 0. The van der Waals surface area contributed by atoms with Gasteiger partial charge in [0.15, 0.2) is 0 Å². The smallest absolute Gasteiger partial charge is 0.242 e. The van der Waals surface area contributed by atoms with Crippen molar-refractivity contribution in [3.05, 3.63) is 29.8 Å². The Labute approximate surface area is 160 Å². The Hall–Kier alpha value is -2.37. The Morgan fingerprint density at radius 3 is 2.15 bits per heavy atom. The van der Waals surface area contributed by atoms with Crippen LogP contribution in [0.3, 0.4) is 0 Å². The first-order valence-corrected chi connectivity index (χ1v) is 10.00. The fourth-order valence-corrected chi connectivity index (χ4v) is 4.74. The van der Waals surface area contributed by atoms with Gasteiger partial charge in [0.2, 0.25) is 17.7 Å². The molecule has 2 heterocycles. The van der Waals surface area contributed by atoms with E-state index in [9.17, 15) is 14.4 Å². The van der Waals surface area contributed by atoms with E-state index in [0.717, 1.165) is 38.8 Å². The number of piperazine rings is 1. The van der Waals surface area contributed by atoms with Gasteiger partial charge in [0.05, 0.1) is 11.8 Å². The summed E-state index contributed by atoms with van der Waals surface area (Å²) in [5.74, 6) is -0.734. The average Bonchev–Trinajstić information content (AvgIpc) is 2.94. The minimum atomic E-state index is -0.183. The number of rotatable bonds is 3. The second-order valence-electron chi connectivity index (χ2n) is 7.91. The zero-order chi connectivity index (χ0) is 19.0. The van der Waals surface area contributed by atoms with Crippen molar-refractivity contribution in [2.75, 3.05) is 37.6 Å². The molecule has 0 bridgehead atoms. The van der Waals surface area contributed by atoms with Crippen LogP contribution in [0.5, 0.6) is 0 Å². The summed E-state index contributed by atoms with van der Waals surface area (Å²) in [6.45, 7) is 4.78. The van der Waals surface area contributed by atoms with Crippen LogP contribution in [0.1, 0.15) is 31.2 Å². The first-order chi connectivity index (χ1) is 13.1. The van der Waals surface area contributed by atoms with E-state index in [-0.39, 0.29) is 36.1 Å². The molecule has 3 amide bonds. The van der Waals surface area contributed by atoms with E-state index in [1.54, 1.807) is 4.90 Å². The second kappa shape index (κ2) is 7.33. The number of nitrogens with zero attached hydrogens (tertiary/aromatic N) is 3. The highest BCUT2D eigenvalue weighted by molar-refractivity contribution is 6.07. The van der Waals surface area contributed by atoms with Crippen LogP contribution in [0.4, 0.5) is 5.69 Å². The van der Waals surface area contributed by atoms with Gasteiger partial charge in [-0.05, 0) is 31.4 Å². The van der Waals surface area contributed by atoms with Crippen molar-refractivity contribution in [2.24, 2.45) is 11.8 Å². The molecule has 0 spiro atoms. The number of carbonyl (C=O) groups excluding carboxylic acids is 3. The Kier molecular flexibility index (Phi) is 4.89. The van der Waals surface area contributed by atoms with Crippen molar-refractivity contribution in [3.63, 3.8) is 0 Å². The number of hydrogen-bond acceptors (Lipinski definition) is 4. The topological polar surface area (TPSA) is 60.9 Å². The molecule has 1 saturated carbocycles. The lowest BCUT2D eigenvalue weighted by molar-refractivity contribution is -0.146. The van der Waals surface area contributed by atoms with Gasteiger partial charge in [-0.15, -0.1) is 0 Å². The van der Waals surface area contributed by atoms with Crippen molar-refractivity contribution < 1.29 is 14.4 Å². The lowest BCUT2D eigenvalue weighted by Gasteiger charge is -2.37. The third-order valence-corrected chi connectivity index (χ3v) is 6.31. The molecule has 6 nitrogen and oxygen atoms in total. The molecule has 144 valence electrons. The Morgan fingerprint density at radius 2 is 1.56 bits per heavy atom. The number of benzene rings is 1. The standard InChI is InChI=1S/C21H27N3O3/c1-15-6-2-5-9-18(15)22-10-12-23(13-11-22)19(25)14-24-20(26)16-7-3-4-8-17(16)21(24)27/h2,5-6,9,16-17H,3-4,7-8,10-14H2,1H3. The monoisotopic (exact) mass is 369 g/mol. The third-order valence-electron chi connectivity index (χ3n) is 6.31. The van der Waals surface area contributed by atoms with Crippen molar-refractivity contribution in [2.45, 2.75) is 32.6 Å². The van der Waals surface area contributed by atoms with Crippen LogP contribution >= 0.6 is 0 Å². The number of anilines is 1. The van der Waals surface area contributed by atoms with E-state index >= 15 is 0 Å². The highest BCUT2D eigenvalue weighted by atomic mass is 16.2. The number of imide groups is 1. The summed E-state index contributed by atoms with van der Waals surface area (Å²) >= 11 is 0. The van der Waals surface area contributed by atoms with Crippen LogP contribution in [0, 0.1) is 18.8 Å². The molecule has 0 aromatic heterocycles. The summed E-state index contributed by atoms with van der Waals surface area (Å²) < 4.78 is 0. The van der Waals surface area contributed by atoms with Gasteiger partial charge in [-0.2, -0.15) is 0 Å². The van der Waals surface area contributed by atoms with E-state index in [4.69, 9.17) is 0 Å². The van der Waals surface area contributed by atoms with Crippen molar-refractivity contribution >= 4 is 23.4 Å². The highest BCUT2D eigenvalue weighted by Gasteiger charge is 2.48. The molecular weight excluding hydrogens is 342 g/mol. The number of amides is 3. The molecule has 0 radical (unpaired) electrons. The van der Waals surface area contributed by atoms with Gasteiger partial charge in [0, 0.05) is 31.9 Å². The third kappa shape index (κ3) is 3.33. The SMILES string of the molecule is Cc1ccccc1N1CCN(C(=O)CN2C(=O)C3CCCCC3C2=O)CC1. The molecule has 1 aromatic rings. The number of carbonyl (C=O) groups is 3. The van der Waals surface area contributed by atoms with Gasteiger partial charge in [-0.25, -0.2) is 0 Å². The Morgan fingerprint density at radius 1 is 0.963 bits per heavy atom. The van der Waals surface area contributed by atoms with Gasteiger partial charge in [-0.1, -0.05) is 31.0 Å². The summed E-state index contributed by atoms with van der Waals surface area (Å²) in [5, 5.41) is 0. The fourth-order valence-electron chi connectivity index (χ4n) is 4.74. The molecule has 2 unspecified atom stereocenters. The Balaban J connectivity index is 1.35. The predicted molar refractivity (Wildman–Crippen MR) is 102 cm³/mol. The second-order valence-corrected chi connectivity index (χ2v) is 7.91. The normalized spacial score (nSPS) is 25.7. The maximum absolute atomic E-state index is 12.7. The number of likely N-dealkylation sites (tertiary alicyclic amines) is 1. The van der Waals surface area contributed by atoms with Gasteiger partial charge >= 0.3 is 0 Å². The van der Waals surface area contributed by atoms with E-state index < -0.39 is 0 Å². The van der Waals surface area contributed by atoms with Crippen LogP contribution in [-0.4, -0.2) is 60.2 Å². The summed E-state index contributed by atoms with van der Waals surface area (Å²) in [7, 11) is 0. The summed E-state index contributed by atoms with van der Waals surface area (Å²) in [6.07, 6.45) is 3.58. The minimum Gasteiger partial charge on any atom is -0.368 e. The van der Waals surface area contributed by atoms with E-state index in [2.05, 4.69) is 24.0 Å². The van der Waals surface area contributed by atoms with E-state index in [0.29, 0.717) is 13.1 Å². The molecule has 6 heteroatoms. The molecule has 3 aliphatic rings. The number of aryl methyl sites for hydroxylation is 1. The molecule has 27 heavy (non-hydrogen) atoms. The van der Waals surface area contributed by atoms with Crippen molar-refractivity contribution in [1.82, 2.24) is 9.80 Å². The summed E-state index contributed by atoms with van der Waals surface area (Å²) in [4.78, 5) is 43.2. The Bertz CT molecular complexity index is 731. The van der Waals surface area contributed by atoms with Crippen LogP contribution in [0.2, 0.25) is 0 Å². The lowest BCUT2D eigenvalue weighted by Crippen LogP contribution is -2.52. The first-order valence-electron chi connectivity index (χ1n) is 10.00. The quantitative estimate of drug-likeness (QED) is 0.763. The fraction of sp³-hybridized carbons (Fsp3) is 0.571. The van der Waals surface area contributed by atoms with Crippen molar-refractivity contribution in [3.8, 4) is 0 Å². The van der Waals surface area contributed by atoms with Crippen LogP contribution in [0.25, 0.3) is 0 Å². The van der Waals surface area contributed by atoms with E-state index in [1.165, 1.54) is 16.2 Å². The number of para-hydroxylation sites is 1. The molecule has 1 aliphatic carbocycles. The first kappa shape index (κ1) is 18.0. The predicted octanol–water partition coefficient (Wildman–Crippen LogP) is 1.82. The molecular formula is C21H27N3O3. The minimum absolute atomic E-state index is 0.0883. The maximum Gasteiger partial charge on any atom is 0.242 e. The summed E-state index contributed by atoms with van der Waals surface area (Å²) in [5.41, 5.74) is 2.44. The molecule has 3 fully saturated rings. The zero-order valence-corrected chi connectivity index (χ0v) is 15.9. The van der Waals surface area contributed by atoms with Crippen molar-refractivity contribution in [1.29, 1.82) is 0 Å². The van der Waals surface area contributed by atoms with Crippen LogP contribution in [0.15, 0.2) is 24.3 Å². The number of fused-ring (bicyclic) bond motifs is 1. The molecule has 0 N–H and O–H groups in total. The van der Waals surface area contributed by atoms with Gasteiger partial charge in [0.1, 0.15) is 6.54 Å². The maximum atomic E-state index is 12.7. The molecule has 2 saturated heterocycles. The lowest BCUT2D eigenvalue weighted by atomic mass is 9.81. The largest absolute Gasteiger partial charge is 0.368 e. The van der Waals surface area contributed by atoms with Gasteiger partial charge in [0.25, 0.3) is 0 Å². The highest BCUT2D eigenvalue weighted by Crippen LogP contribution is 2.37. The van der Waals surface area contributed by atoms with Crippen LogP contribution < -0.4 is 4.90 Å². The van der Waals surface area contributed by atoms with E-state index in [1.807, 2.05) is 12.1 Å². The average molecular weight is 369 g/mol. The molecule has 2 atom stereocenters. The van der Waals surface area contributed by atoms with Crippen LogP contribution in [-0.2, 0) is 14.4 Å². The molecule has 4 rings (SSSR count). The zero-order valence-electron chi connectivity index (χ0n) is 15.9. The molecule has 1 aromatic carbocycles. The summed E-state index contributed by atoms with van der Waals surface area (Å²) in [6, 6.07) is 8.26. The van der Waals surface area contributed by atoms with Gasteiger partial charge < -0.3 is 9.80 Å². The van der Waals surface area contributed by atoms with Gasteiger partial charge in [-0.3, -0.25) is 19.3 Å².